The first-order chi connectivity index (χ1) is 16.4. The molecule has 0 saturated carbocycles. The molecule has 0 bridgehead atoms. The Kier molecular flexibility index (Phi) is 7.54. The molecular formula is C24H32N6O3S. The van der Waals surface area contributed by atoms with Crippen LogP contribution >= 0.6 is 0 Å². The molecule has 3 aliphatic rings. The van der Waals surface area contributed by atoms with Crippen LogP contribution in [-0.4, -0.2) is 66.9 Å². The molecule has 1 fully saturated rings. The van der Waals surface area contributed by atoms with Crippen molar-refractivity contribution < 1.29 is 13.2 Å². The summed E-state index contributed by atoms with van der Waals surface area (Å²) in [5.41, 5.74) is 2.92. The van der Waals surface area contributed by atoms with Crippen LogP contribution in [0.3, 0.4) is 0 Å². The zero-order valence-corrected chi connectivity index (χ0v) is 20.3. The van der Waals surface area contributed by atoms with Crippen LogP contribution in [0.2, 0.25) is 0 Å². The minimum atomic E-state index is -3.17. The summed E-state index contributed by atoms with van der Waals surface area (Å²) < 4.78 is 24.2. The molecule has 1 atom stereocenters. The van der Waals surface area contributed by atoms with Gasteiger partial charge < -0.3 is 20.5 Å². The van der Waals surface area contributed by atoms with Gasteiger partial charge in [-0.05, 0) is 69.2 Å². The fourth-order valence-electron chi connectivity index (χ4n) is 4.99. The molecule has 1 saturated heterocycles. The molecule has 3 N–H and O–H groups in total. The maximum atomic E-state index is 13.0. The van der Waals surface area contributed by atoms with Crippen LogP contribution in [0, 0.1) is 17.2 Å². The standard InChI is InChI=1S/C24H32N6O3S/c1-34(32,33)14-13-30-21(17-9-11-26-12-10-17)8-7-20(22(30)18-5-3-2-4-6-18)29-24(31)23-27-16-19(15-25)28-23/h5,7-8,16-17,21,26H,2-4,6,9-14H2,1H3,(H,27,28)(H,29,31). The third-order valence-electron chi connectivity index (χ3n) is 6.69. The van der Waals surface area contributed by atoms with Crippen molar-refractivity contribution in [3.63, 3.8) is 0 Å². The summed E-state index contributed by atoms with van der Waals surface area (Å²) in [4.78, 5) is 21.9. The summed E-state index contributed by atoms with van der Waals surface area (Å²) in [6.07, 6.45) is 14.9. The number of aromatic nitrogens is 2. The first kappa shape index (κ1) is 24.2. The minimum Gasteiger partial charge on any atom is -0.362 e. The van der Waals surface area contributed by atoms with E-state index >= 15 is 0 Å². The van der Waals surface area contributed by atoms with Crippen molar-refractivity contribution in [2.24, 2.45) is 5.92 Å². The number of piperidine rings is 1. The van der Waals surface area contributed by atoms with Crippen LogP contribution in [0.5, 0.6) is 0 Å². The Hall–Kier alpha value is -2.90. The van der Waals surface area contributed by atoms with Crippen LogP contribution in [0.15, 0.2) is 41.4 Å². The van der Waals surface area contributed by atoms with E-state index in [1.165, 1.54) is 12.5 Å². The molecule has 182 valence electrons. The van der Waals surface area contributed by atoms with E-state index in [1.807, 2.05) is 12.1 Å². The van der Waals surface area contributed by atoms with E-state index in [9.17, 15) is 13.2 Å². The average Bonchev–Trinajstić information content (AvgIpc) is 3.33. The van der Waals surface area contributed by atoms with Crippen LogP contribution in [0.4, 0.5) is 0 Å². The molecule has 9 nitrogen and oxygen atoms in total. The highest BCUT2D eigenvalue weighted by Gasteiger charge is 2.34. The van der Waals surface area contributed by atoms with Gasteiger partial charge in [-0.3, -0.25) is 4.79 Å². The molecule has 1 aromatic rings. The Morgan fingerprint density at radius 3 is 2.76 bits per heavy atom. The highest BCUT2D eigenvalue weighted by molar-refractivity contribution is 7.90. The molecule has 4 rings (SSSR count). The summed E-state index contributed by atoms with van der Waals surface area (Å²) >= 11 is 0. The number of imidazole rings is 1. The third kappa shape index (κ3) is 5.77. The summed E-state index contributed by atoms with van der Waals surface area (Å²) in [5, 5.41) is 15.4. The van der Waals surface area contributed by atoms with E-state index in [2.05, 4.69) is 37.7 Å². The largest absolute Gasteiger partial charge is 0.362 e. The van der Waals surface area contributed by atoms with Gasteiger partial charge in [0.1, 0.15) is 21.6 Å². The number of sulfone groups is 1. The van der Waals surface area contributed by atoms with Crippen molar-refractivity contribution in [3.8, 4) is 6.07 Å². The second kappa shape index (κ2) is 10.6. The van der Waals surface area contributed by atoms with Gasteiger partial charge in [-0.2, -0.15) is 5.26 Å². The zero-order chi connectivity index (χ0) is 24.1. The van der Waals surface area contributed by atoms with Crippen LogP contribution in [-0.2, 0) is 9.84 Å². The molecular weight excluding hydrogens is 452 g/mol. The van der Waals surface area contributed by atoms with E-state index in [-0.39, 0.29) is 23.3 Å². The molecule has 0 radical (unpaired) electrons. The lowest BCUT2D eigenvalue weighted by Gasteiger charge is -2.43. The number of aromatic amines is 1. The van der Waals surface area contributed by atoms with Gasteiger partial charge in [-0.25, -0.2) is 13.4 Å². The SMILES string of the molecule is CS(=O)(=O)CCN1C(C2=CCCCC2)=C(NC(=O)c2ncc(C#N)[nH]2)C=CC1C1CCNCC1. The van der Waals surface area contributed by atoms with E-state index in [4.69, 9.17) is 5.26 Å². The lowest BCUT2D eigenvalue weighted by Crippen LogP contribution is -2.47. The van der Waals surface area contributed by atoms with Gasteiger partial charge in [-0.15, -0.1) is 0 Å². The molecule has 3 heterocycles. The van der Waals surface area contributed by atoms with E-state index in [0.29, 0.717) is 18.2 Å². The molecule has 1 amide bonds. The predicted molar refractivity (Wildman–Crippen MR) is 129 cm³/mol. The lowest BCUT2D eigenvalue weighted by atomic mass is 9.85. The maximum absolute atomic E-state index is 13.0. The first-order valence-corrected chi connectivity index (χ1v) is 13.9. The second-order valence-corrected chi connectivity index (χ2v) is 11.5. The average molecular weight is 485 g/mol. The number of amides is 1. The molecule has 0 aromatic carbocycles. The Bertz CT molecular complexity index is 1150. The van der Waals surface area contributed by atoms with Crippen molar-refractivity contribution >= 4 is 15.7 Å². The smallest absolute Gasteiger partial charge is 0.291 e. The van der Waals surface area contributed by atoms with Crippen molar-refractivity contribution in [1.82, 2.24) is 25.5 Å². The molecule has 1 aromatic heterocycles. The molecule has 1 aliphatic carbocycles. The molecule has 10 heteroatoms. The lowest BCUT2D eigenvalue weighted by molar-refractivity contribution is 0.0954. The van der Waals surface area contributed by atoms with Crippen LogP contribution in [0.1, 0.15) is 54.8 Å². The van der Waals surface area contributed by atoms with Gasteiger partial charge in [0.05, 0.1) is 29.4 Å². The van der Waals surface area contributed by atoms with E-state index in [1.54, 1.807) is 0 Å². The number of H-pyrrole nitrogens is 1. The van der Waals surface area contributed by atoms with Gasteiger partial charge in [0, 0.05) is 12.8 Å². The van der Waals surface area contributed by atoms with E-state index in [0.717, 1.165) is 62.9 Å². The molecule has 34 heavy (non-hydrogen) atoms. The maximum Gasteiger partial charge on any atom is 0.291 e. The topological polar surface area (TPSA) is 131 Å². The highest BCUT2D eigenvalue weighted by Crippen LogP contribution is 2.36. The Balaban J connectivity index is 1.71. The van der Waals surface area contributed by atoms with Gasteiger partial charge >= 0.3 is 0 Å². The molecule has 1 unspecified atom stereocenters. The summed E-state index contributed by atoms with van der Waals surface area (Å²) in [5.74, 6) is 0.0807. The summed E-state index contributed by atoms with van der Waals surface area (Å²) in [7, 11) is -3.17. The van der Waals surface area contributed by atoms with Gasteiger partial charge in [0.25, 0.3) is 5.91 Å². The second-order valence-electron chi connectivity index (χ2n) is 9.21. The zero-order valence-electron chi connectivity index (χ0n) is 19.5. The molecule has 0 spiro atoms. The number of nitrogens with zero attached hydrogens (tertiary/aromatic N) is 3. The predicted octanol–water partition coefficient (Wildman–Crippen LogP) is 2.01. The number of allylic oxidation sites excluding steroid dienone is 3. The summed E-state index contributed by atoms with van der Waals surface area (Å²) in [6, 6.07) is 2.01. The normalized spacial score (nSPS) is 21.8. The number of nitrogens with one attached hydrogen (secondary N) is 3. The number of hydrogen-bond acceptors (Lipinski definition) is 7. The van der Waals surface area contributed by atoms with Crippen molar-refractivity contribution in [1.29, 1.82) is 5.26 Å². The van der Waals surface area contributed by atoms with Crippen molar-refractivity contribution in [3.05, 3.63) is 52.9 Å². The van der Waals surface area contributed by atoms with Gasteiger partial charge in [0.15, 0.2) is 5.82 Å². The number of nitriles is 1. The van der Waals surface area contributed by atoms with Gasteiger partial charge in [-0.1, -0.05) is 12.2 Å². The number of hydrogen-bond donors (Lipinski definition) is 3. The fourth-order valence-corrected chi connectivity index (χ4v) is 5.52. The number of carbonyl (C=O) groups excluding carboxylic acids is 1. The Labute approximate surface area is 200 Å². The third-order valence-corrected chi connectivity index (χ3v) is 7.61. The Morgan fingerprint density at radius 2 is 2.12 bits per heavy atom. The minimum absolute atomic E-state index is 0.0457. The first-order valence-electron chi connectivity index (χ1n) is 11.9. The monoisotopic (exact) mass is 484 g/mol. The Morgan fingerprint density at radius 1 is 1.32 bits per heavy atom. The van der Waals surface area contributed by atoms with Crippen molar-refractivity contribution in [2.45, 2.75) is 44.6 Å². The number of carbonyl (C=O) groups is 1. The van der Waals surface area contributed by atoms with E-state index < -0.39 is 15.7 Å². The summed E-state index contributed by atoms with van der Waals surface area (Å²) in [6.45, 7) is 2.25. The fraction of sp³-hybridized carbons (Fsp3) is 0.542. The molecule has 2 aliphatic heterocycles. The highest BCUT2D eigenvalue weighted by atomic mass is 32.2. The van der Waals surface area contributed by atoms with Crippen LogP contribution in [0.25, 0.3) is 0 Å². The van der Waals surface area contributed by atoms with Crippen molar-refractivity contribution in [2.75, 3.05) is 31.6 Å². The number of rotatable bonds is 7. The van der Waals surface area contributed by atoms with Crippen LogP contribution < -0.4 is 10.6 Å². The quantitative estimate of drug-likeness (QED) is 0.539. The van der Waals surface area contributed by atoms with Gasteiger partial charge in [0.2, 0.25) is 0 Å².